The molecule has 0 heterocycles. The zero-order valence-electron chi connectivity index (χ0n) is 13.0. The van der Waals surface area contributed by atoms with E-state index in [1.165, 1.54) is 0 Å². The molecule has 1 rings (SSSR count). The number of para-hydroxylation sites is 1. The lowest BCUT2D eigenvalue weighted by Gasteiger charge is -2.26. The lowest BCUT2D eigenvalue weighted by atomic mass is 9.86. The molecule has 0 saturated heterocycles. The van der Waals surface area contributed by atoms with Crippen molar-refractivity contribution in [2.45, 2.75) is 45.1 Å². The maximum atomic E-state index is 11.2. The summed E-state index contributed by atoms with van der Waals surface area (Å²) in [5.41, 5.74) is 0.160. The molecule has 4 nitrogen and oxygen atoms in total. The smallest absolute Gasteiger partial charge is 0.323 e. The summed E-state index contributed by atoms with van der Waals surface area (Å²) in [5.74, 6) is -0.0449. The van der Waals surface area contributed by atoms with Crippen LogP contribution in [0.3, 0.4) is 0 Å². The highest BCUT2D eigenvalue weighted by atomic mass is 16.5. The first-order chi connectivity index (χ1) is 9.20. The predicted octanol–water partition coefficient (Wildman–Crippen LogP) is 2.82. The Morgan fingerprint density at radius 3 is 2.35 bits per heavy atom. The van der Waals surface area contributed by atoms with Gasteiger partial charge in [0.15, 0.2) is 0 Å². The summed E-state index contributed by atoms with van der Waals surface area (Å²) in [6.45, 7) is 8.41. The number of carboxylic acid groups (broad SMARTS) is 1. The predicted molar refractivity (Wildman–Crippen MR) is 80.4 cm³/mol. The van der Waals surface area contributed by atoms with Gasteiger partial charge in [-0.15, -0.1) is 0 Å². The van der Waals surface area contributed by atoms with Gasteiger partial charge in [0, 0.05) is 6.42 Å². The van der Waals surface area contributed by atoms with Gasteiger partial charge >= 0.3 is 5.97 Å². The number of carboxylic acids is 1. The molecule has 0 aliphatic heterocycles. The molecular weight excluding hydrogens is 254 g/mol. The van der Waals surface area contributed by atoms with Crippen LogP contribution in [-0.4, -0.2) is 30.3 Å². The summed E-state index contributed by atoms with van der Waals surface area (Å²) in [6.07, 6.45) is 0.400. The van der Waals surface area contributed by atoms with E-state index in [-0.39, 0.29) is 5.41 Å². The van der Waals surface area contributed by atoms with Crippen LogP contribution in [0, 0.1) is 0 Å². The number of likely N-dealkylation sites (N-methyl/N-ethyl adjacent to an activating group) is 1. The normalized spacial score (nSPS) is 14.7. The third-order valence-electron chi connectivity index (χ3n) is 3.58. The average molecular weight is 279 g/mol. The summed E-state index contributed by atoms with van der Waals surface area (Å²) in [5, 5.41) is 12.0. The number of ether oxygens (including phenoxy) is 1. The zero-order chi connectivity index (χ0) is 15.4. The molecule has 0 aromatic heterocycles. The number of hydrogen-bond donors (Lipinski definition) is 2. The molecule has 112 valence electrons. The van der Waals surface area contributed by atoms with Gasteiger partial charge in [-0.3, -0.25) is 4.79 Å². The molecule has 0 saturated carbocycles. The lowest BCUT2D eigenvalue weighted by molar-refractivity contribution is -0.144. The summed E-state index contributed by atoms with van der Waals surface area (Å²) in [6, 6.07) is 7.89. The van der Waals surface area contributed by atoms with Gasteiger partial charge in [0.1, 0.15) is 11.3 Å². The second kappa shape index (κ2) is 6.27. The second-order valence-electron chi connectivity index (χ2n) is 6.23. The van der Waals surface area contributed by atoms with Crippen LogP contribution >= 0.6 is 0 Å². The van der Waals surface area contributed by atoms with Crippen molar-refractivity contribution >= 4 is 5.97 Å². The third kappa shape index (κ3) is 3.97. The van der Waals surface area contributed by atoms with Crippen LogP contribution < -0.4 is 10.1 Å². The fourth-order valence-electron chi connectivity index (χ4n) is 1.92. The van der Waals surface area contributed by atoms with E-state index in [1.54, 1.807) is 14.0 Å². The van der Waals surface area contributed by atoms with E-state index in [4.69, 9.17) is 4.74 Å². The van der Waals surface area contributed by atoms with E-state index in [0.717, 1.165) is 11.3 Å². The Balaban J connectivity index is 2.75. The van der Waals surface area contributed by atoms with E-state index in [0.29, 0.717) is 13.0 Å². The van der Waals surface area contributed by atoms with Crippen molar-refractivity contribution in [3.05, 3.63) is 29.8 Å². The molecule has 0 fully saturated rings. The SMILES string of the molecule is CNC(C)(CCOc1ccccc1C(C)(C)C)C(=O)O. The summed E-state index contributed by atoms with van der Waals surface area (Å²) in [4.78, 5) is 11.2. The van der Waals surface area contributed by atoms with E-state index in [2.05, 4.69) is 26.1 Å². The first-order valence-electron chi connectivity index (χ1n) is 6.85. The molecule has 0 bridgehead atoms. The van der Waals surface area contributed by atoms with Crippen molar-refractivity contribution < 1.29 is 14.6 Å². The van der Waals surface area contributed by atoms with Crippen LogP contribution in [0.2, 0.25) is 0 Å². The molecule has 0 radical (unpaired) electrons. The maximum absolute atomic E-state index is 11.2. The van der Waals surface area contributed by atoms with Crippen LogP contribution in [-0.2, 0) is 10.2 Å². The molecule has 0 aliphatic rings. The first kappa shape index (κ1) is 16.5. The average Bonchev–Trinajstić information content (AvgIpc) is 2.37. The number of nitrogens with one attached hydrogen (secondary N) is 1. The fraction of sp³-hybridized carbons (Fsp3) is 0.562. The van der Waals surface area contributed by atoms with E-state index in [9.17, 15) is 9.90 Å². The molecular formula is C16H25NO3. The minimum atomic E-state index is -0.962. The van der Waals surface area contributed by atoms with Crippen LogP contribution in [0.4, 0.5) is 0 Å². The zero-order valence-corrected chi connectivity index (χ0v) is 13.0. The van der Waals surface area contributed by atoms with Crippen LogP contribution in [0.25, 0.3) is 0 Å². The maximum Gasteiger partial charge on any atom is 0.323 e. The molecule has 1 unspecified atom stereocenters. The number of aliphatic carboxylic acids is 1. The summed E-state index contributed by atoms with van der Waals surface area (Å²) < 4.78 is 5.81. The minimum Gasteiger partial charge on any atom is -0.493 e. The standard InChI is InChI=1S/C16H25NO3/c1-15(2,3)12-8-6-7-9-13(12)20-11-10-16(4,17-5)14(18)19/h6-9,17H,10-11H2,1-5H3,(H,18,19). The highest BCUT2D eigenvalue weighted by molar-refractivity contribution is 5.78. The Kier molecular flexibility index (Phi) is 5.17. The number of carbonyl (C=O) groups is 1. The minimum absolute atomic E-state index is 0.00427. The largest absolute Gasteiger partial charge is 0.493 e. The highest BCUT2D eigenvalue weighted by Gasteiger charge is 2.31. The summed E-state index contributed by atoms with van der Waals surface area (Å²) >= 11 is 0. The summed E-state index contributed by atoms with van der Waals surface area (Å²) in [7, 11) is 1.65. The van der Waals surface area contributed by atoms with E-state index >= 15 is 0 Å². The van der Waals surface area contributed by atoms with Crippen molar-refractivity contribution in [2.24, 2.45) is 0 Å². The number of benzene rings is 1. The van der Waals surface area contributed by atoms with Gasteiger partial charge in [-0.25, -0.2) is 0 Å². The van der Waals surface area contributed by atoms with Crippen LogP contribution in [0.5, 0.6) is 5.75 Å². The molecule has 1 aromatic rings. The Bertz CT molecular complexity index is 465. The van der Waals surface area contributed by atoms with E-state index in [1.807, 2.05) is 24.3 Å². The van der Waals surface area contributed by atoms with Crippen molar-refractivity contribution in [3.8, 4) is 5.75 Å². The molecule has 1 atom stereocenters. The van der Waals surface area contributed by atoms with Crippen LogP contribution in [0.1, 0.15) is 39.7 Å². The van der Waals surface area contributed by atoms with E-state index < -0.39 is 11.5 Å². The number of hydrogen-bond acceptors (Lipinski definition) is 3. The number of rotatable bonds is 6. The van der Waals surface area contributed by atoms with Crippen molar-refractivity contribution in [1.82, 2.24) is 5.32 Å². The monoisotopic (exact) mass is 279 g/mol. The molecule has 1 aromatic carbocycles. The third-order valence-corrected chi connectivity index (χ3v) is 3.58. The van der Waals surface area contributed by atoms with Gasteiger partial charge in [-0.2, -0.15) is 0 Å². The van der Waals surface area contributed by atoms with Gasteiger partial charge in [-0.1, -0.05) is 39.0 Å². The molecule has 0 spiro atoms. The topological polar surface area (TPSA) is 58.6 Å². The van der Waals surface area contributed by atoms with Gasteiger partial charge in [0.2, 0.25) is 0 Å². The van der Waals surface area contributed by atoms with Gasteiger partial charge in [-0.05, 0) is 31.0 Å². The molecule has 20 heavy (non-hydrogen) atoms. The molecule has 0 aliphatic carbocycles. The van der Waals surface area contributed by atoms with Crippen molar-refractivity contribution in [3.63, 3.8) is 0 Å². The Morgan fingerprint density at radius 1 is 1.25 bits per heavy atom. The van der Waals surface area contributed by atoms with Gasteiger partial charge in [0.05, 0.1) is 6.61 Å². The fourth-order valence-corrected chi connectivity index (χ4v) is 1.92. The quantitative estimate of drug-likeness (QED) is 0.840. The van der Waals surface area contributed by atoms with Crippen molar-refractivity contribution in [1.29, 1.82) is 0 Å². The van der Waals surface area contributed by atoms with Gasteiger partial charge < -0.3 is 15.2 Å². The Labute approximate surface area is 121 Å². The Hall–Kier alpha value is -1.55. The molecule has 4 heteroatoms. The van der Waals surface area contributed by atoms with Crippen molar-refractivity contribution in [2.75, 3.05) is 13.7 Å². The Morgan fingerprint density at radius 2 is 1.85 bits per heavy atom. The van der Waals surface area contributed by atoms with Gasteiger partial charge in [0.25, 0.3) is 0 Å². The molecule has 2 N–H and O–H groups in total. The first-order valence-corrected chi connectivity index (χ1v) is 6.85. The van der Waals surface area contributed by atoms with Crippen LogP contribution in [0.15, 0.2) is 24.3 Å². The highest BCUT2D eigenvalue weighted by Crippen LogP contribution is 2.31. The second-order valence-corrected chi connectivity index (χ2v) is 6.23. The molecule has 0 amide bonds. The lowest BCUT2D eigenvalue weighted by Crippen LogP contribution is -2.48.